The third kappa shape index (κ3) is 6.39. The molecule has 1 aliphatic rings. The van der Waals surface area contributed by atoms with Crippen molar-refractivity contribution in [2.75, 3.05) is 9.80 Å². The summed E-state index contributed by atoms with van der Waals surface area (Å²) < 4.78 is 2.56. The first-order chi connectivity index (χ1) is 32.8. The van der Waals surface area contributed by atoms with Crippen molar-refractivity contribution in [2.45, 2.75) is 65.7 Å². The number of aromatic nitrogens is 1. The summed E-state index contributed by atoms with van der Waals surface area (Å²) in [7, 11) is 0. The second-order valence-electron chi connectivity index (χ2n) is 19.2. The maximum atomic E-state index is 2.56. The van der Waals surface area contributed by atoms with E-state index in [2.05, 4.69) is 250 Å². The molecule has 3 heteroatoms. The Hall–Kier alpha value is -7.62. The number of hydrogen-bond acceptors (Lipinski definition) is 2. The molecule has 326 valence electrons. The first-order valence-corrected chi connectivity index (χ1v) is 24.2. The predicted octanol–water partition coefficient (Wildman–Crippen LogP) is 18.5. The molecule has 0 bridgehead atoms. The molecule has 1 aliphatic carbocycles. The zero-order valence-corrected chi connectivity index (χ0v) is 39.3. The van der Waals surface area contributed by atoms with Crippen LogP contribution in [0.15, 0.2) is 194 Å². The Morgan fingerprint density at radius 1 is 0.463 bits per heavy atom. The van der Waals surface area contributed by atoms with Gasteiger partial charge < -0.3 is 14.2 Å². The van der Waals surface area contributed by atoms with Crippen LogP contribution in [0, 0.1) is 6.92 Å². The third-order valence-electron chi connectivity index (χ3n) is 14.7. The number of rotatable bonds is 10. The van der Waals surface area contributed by atoms with E-state index >= 15 is 0 Å². The highest BCUT2D eigenvalue weighted by Gasteiger charge is 2.35. The van der Waals surface area contributed by atoms with Gasteiger partial charge in [0, 0.05) is 55.8 Å². The molecule has 0 aliphatic heterocycles. The molecule has 11 aromatic rings. The van der Waals surface area contributed by atoms with Gasteiger partial charge in [-0.3, -0.25) is 0 Å². The van der Waals surface area contributed by atoms with Gasteiger partial charge in [0.1, 0.15) is 0 Å². The van der Waals surface area contributed by atoms with Crippen LogP contribution in [0.25, 0.3) is 60.3 Å². The standard InChI is InChI=1S/C64H55N3/c1-7-49-50-22-14-15-23-51(50)62-58(65(45-18-10-8-11-19-45)47-30-26-43(27-31-47)40(2)3)36-34-52(61(49)62)55-39-60-56(38-42(55)6)53-35-37-59(63-54-24-16-17-25-57(54)67(60)64(53)63)66(46-20-12-9-13-21-46)48-32-28-44(29-33-48)41(4)5/h8-41,49H,7H2,1-6H3. The van der Waals surface area contributed by atoms with Gasteiger partial charge in [-0.15, -0.1) is 0 Å². The molecule has 2 aromatic heterocycles. The quantitative estimate of drug-likeness (QED) is 0.136. The van der Waals surface area contributed by atoms with Crippen molar-refractivity contribution in [1.29, 1.82) is 0 Å². The Labute approximate surface area is 394 Å². The lowest BCUT2D eigenvalue weighted by Gasteiger charge is -2.29. The van der Waals surface area contributed by atoms with E-state index in [0.29, 0.717) is 11.8 Å². The molecule has 0 saturated carbocycles. The topological polar surface area (TPSA) is 10.9 Å². The van der Waals surface area contributed by atoms with Crippen LogP contribution in [0.1, 0.15) is 86.6 Å². The molecular formula is C64H55N3. The van der Waals surface area contributed by atoms with Gasteiger partial charge in [-0.1, -0.05) is 150 Å². The average Bonchev–Trinajstić information content (AvgIpc) is 4.00. The molecule has 0 fully saturated rings. The maximum absolute atomic E-state index is 2.56. The Balaban J connectivity index is 1.10. The molecule has 12 rings (SSSR count). The molecule has 67 heavy (non-hydrogen) atoms. The summed E-state index contributed by atoms with van der Waals surface area (Å²) >= 11 is 0. The van der Waals surface area contributed by atoms with Crippen molar-refractivity contribution in [3.8, 4) is 22.3 Å². The highest BCUT2D eigenvalue weighted by atomic mass is 15.2. The number of anilines is 6. The predicted molar refractivity (Wildman–Crippen MR) is 286 cm³/mol. The van der Waals surface area contributed by atoms with E-state index in [0.717, 1.165) is 29.2 Å². The van der Waals surface area contributed by atoms with Crippen molar-refractivity contribution in [3.05, 3.63) is 222 Å². The summed E-state index contributed by atoms with van der Waals surface area (Å²) in [6, 6.07) is 72.8. The van der Waals surface area contributed by atoms with Crippen LogP contribution in [0.4, 0.5) is 34.1 Å². The van der Waals surface area contributed by atoms with Crippen LogP contribution in [0.3, 0.4) is 0 Å². The van der Waals surface area contributed by atoms with E-state index in [1.807, 2.05) is 0 Å². The lowest BCUT2D eigenvalue weighted by Crippen LogP contribution is -2.12. The lowest BCUT2D eigenvalue weighted by atomic mass is 9.85. The fourth-order valence-electron chi connectivity index (χ4n) is 11.4. The summed E-state index contributed by atoms with van der Waals surface area (Å²) in [5.74, 6) is 1.18. The van der Waals surface area contributed by atoms with Crippen molar-refractivity contribution in [3.63, 3.8) is 0 Å². The number of fused-ring (bicyclic) bond motifs is 9. The maximum Gasteiger partial charge on any atom is 0.0641 e. The average molecular weight is 866 g/mol. The molecule has 0 amide bonds. The SMILES string of the molecule is CCC1c2ccccc2-c2c(N(c3ccccc3)c3ccc(C(C)C)cc3)ccc(-c3cc4c(cc3C)c3ccc(N(c5ccccc5)c5ccc(C(C)C)cc5)c5c6ccccc6n4c35)c21. The van der Waals surface area contributed by atoms with Crippen LogP contribution >= 0.6 is 0 Å². The molecule has 0 spiro atoms. The lowest BCUT2D eigenvalue weighted by molar-refractivity contribution is 0.798. The van der Waals surface area contributed by atoms with Crippen molar-refractivity contribution < 1.29 is 0 Å². The molecule has 2 heterocycles. The van der Waals surface area contributed by atoms with Gasteiger partial charge >= 0.3 is 0 Å². The van der Waals surface area contributed by atoms with E-state index in [4.69, 9.17) is 0 Å². The zero-order valence-electron chi connectivity index (χ0n) is 39.3. The largest absolute Gasteiger partial charge is 0.310 e. The van der Waals surface area contributed by atoms with Gasteiger partial charge in [-0.05, 0) is 149 Å². The fraction of sp³-hybridized carbons (Fsp3) is 0.156. The number of nitrogens with zero attached hydrogens (tertiary/aromatic N) is 3. The van der Waals surface area contributed by atoms with Crippen LogP contribution in [0.5, 0.6) is 0 Å². The minimum Gasteiger partial charge on any atom is -0.310 e. The van der Waals surface area contributed by atoms with E-state index in [1.165, 1.54) is 99.5 Å². The molecule has 1 atom stereocenters. The highest BCUT2D eigenvalue weighted by molar-refractivity contribution is 6.27. The number of benzene rings is 9. The summed E-state index contributed by atoms with van der Waals surface area (Å²) in [6.45, 7) is 13.7. The van der Waals surface area contributed by atoms with Crippen LogP contribution in [-0.2, 0) is 0 Å². The van der Waals surface area contributed by atoms with Crippen molar-refractivity contribution in [1.82, 2.24) is 4.40 Å². The second-order valence-corrected chi connectivity index (χ2v) is 19.2. The van der Waals surface area contributed by atoms with Gasteiger partial charge in [0.05, 0.1) is 27.9 Å². The number of hydrogen-bond donors (Lipinski definition) is 0. The highest BCUT2D eigenvalue weighted by Crippen LogP contribution is 2.57. The number of para-hydroxylation sites is 3. The minimum absolute atomic E-state index is 0.257. The molecule has 0 radical (unpaired) electrons. The van der Waals surface area contributed by atoms with Crippen molar-refractivity contribution >= 4 is 72.2 Å². The smallest absolute Gasteiger partial charge is 0.0641 e. The Bertz CT molecular complexity index is 3620. The molecule has 0 saturated heterocycles. The van der Waals surface area contributed by atoms with Gasteiger partial charge in [0.25, 0.3) is 0 Å². The van der Waals surface area contributed by atoms with E-state index in [-0.39, 0.29) is 5.92 Å². The molecule has 0 N–H and O–H groups in total. The van der Waals surface area contributed by atoms with Crippen molar-refractivity contribution in [2.24, 2.45) is 0 Å². The minimum atomic E-state index is 0.257. The van der Waals surface area contributed by atoms with Gasteiger partial charge in [0.15, 0.2) is 0 Å². The van der Waals surface area contributed by atoms with Gasteiger partial charge in [-0.25, -0.2) is 0 Å². The summed E-state index contributed by atoms with van der Waals surface area (Å²) in [5, 5.41) is 5.10. The Morgan fingerprint density at radius 2 is 1.01 bits per heavy atom. The fourth-order valence-corrected chi connectivity index (χ4v) is 11.4. The van der Waals surface area contributed by atoms with Crippen LogP contribution in [-0.4, -0.2) is 4.40 Å². The van der Waals surface area contributed by atoms with Crippen LogP contribution < -0.4 is 9.80 Å². The van der Waals surface area contributed by atoms with Gasteiger partial charge in [-0.2, -0.15) is 0 Å². The molecule has 9 aromatic carbocycles. The summed E-state index contributed by atoms with van der Waals surface area (Å²) in [5.41, 5.74) is 22.8. The molecule has 1 unspecified atom stereocenters. The Kier molecular flexibility index (Phi) is 9.80. The van der Waals surface area contributed by atoms with E-state index < -0.39 is 0 Å². The first kappa shape index (κ1) is 40.9. The molecular weight excluding hydrogens is 811 g/mol. The number of aryl methyl sites for hydroxylation is 1. The van der Waals surface area contributed by atoms with E-state index in [1.54, 1.807) is 0 Å². The first-order valence-electron chi connectivity index (χ1n) is 24.2. The normalized spacial score (nSPS) is 13.4. The van der Waals surface area contributed by atoms with E-state index in [9.17, 15) is 0 Å². The van der Waals surface area contributed by atoms with Crippen LogP contribution in [0.2, 0.25) is 0 Å². The monoisotopic (exact) mass is 865 g/mol. The zero-order chi connectivity index (χ0) is 45.5. The second kappa shape index (κ2) is 16.1. The van der Waals surface area contributed by atoms with Gasteiger partial charge in [0.2, 0.25) is 0 Å². The summed E-state index contributed by atoms with van der Waals surface area (Å²) in [6.07, 6.45) is 1.01. The molecule has 3 nitrogen and oxygen atoms in total. The Morgan fingerprint density at radius 3 is 1.64 bits per heavy atom. The summed E-state index contributed by atoms with van der Waals surface area (Å²) in [4.78, 5) is 4.93. The third-order valence-corrected chi connectivity index (χ3v) is 14.7.